The second-order valence-corrected chi connectivity index (χ2v) is 6.20. The predicted molar refractivity (Wildman–Crippen MR) is 77.0 cm³/mol. The van der Waals surface area contributed by atoms with Gasteiger partial charge in [0.1, 0.15) is 0 Å². The lowest BCUT2D eigenvalue weighted by Crippen LogP contribution is -2.37. The first-order chi connectivity index (χ1) is 9.34. The van der Waals surface area contributed by atoms with Crippen molar-refractivity contribution in [1.29, 1.82) is 0 Å². The zero-order valence-corrected chi connectivity index (χ0v) is 13.6. The highest BCUT2D eigenvalue weighted by Crippen LogP contribution is 2.35. The van der Waals surface area contributed by atoms with E-state index < -0.39 is 17.6 Å². The van der Waals surface area contributed by atoms with E-state index in [0.717, 1.165) is 18.9 Å². The summed E-state index contributed by atoms with van der Waals surface area (Å²) in [7, 11) is 0. The van der Waals surface area contributed by atoms with Crippen molar-refractivity contribution in [3.63, 3.8) is 0 Å². The molecule has 1 aromatic rings. The number of hydrogen-bond donors (Lipinski definition) is 0. The average molecular weight is 415 g/mol. The van der Waals surface area contributed by atoms with Gasteiger partial charge in [0, 0.05) is 22.4 Å². The van der Waals surface area contributed by atoms with Crippen LogP contribution in [0.2, 0.25) is 0 Å². The summed E-state index contributed by atoms with van der Waals surface area (Å²) < 4.78 is 39.5. The van der Waals surface area contributed by atoms with E-state index in [0.29, 0.717) is 16.3 Å². The lowest BCUT2D eigenvalue weighted by molar-refractivity contribution is -0.138. The number of nitrogens with zero attached hydrogens (tertiary/aromatic N) is 1. The number of benzene rings is 1. The van der Waals surface area contributed by atoms with Crippen molar-refractivity contribution in [3.8, 4) is 0 Å². The fourth-order valence-corrected chi connectivity index (χ4v) is 3.39. The smallest absolute Gasteiger partial charge is 0.335 e. The summed E-state index contributed by atoms with van der Waals surface area (Å²) in [4.78, 5) is 13.9. The minimum Gasteiger partial charge on any atom is -0.335 e. The molecular formula is C13H12Br2F3NO. The van der Waals surface area contributed by atoms with Crippen molar-refractivity contribution in [2.75, 3.05) is 11.9 Å². The number of halogens is 5. The lowest BCUT2D eigenvalue weighted by Gasteiger charge is -2.24. The van der Waals surface area contributed by atoms with Gasteiger partial charge in [-0.15, -0.1) is 0 Å². The van der Waals surface area contributed by atoms with E-state index in [-0.39, 0.29) is 11.6 Å². The van der Waals surface area contributed by atoms with Gasteiger partial charge in [-0.3, -0.25) is 4.79 Å². The Bertz CT molecular complexity index is 519. The molecule has 1 aliphatic rings. The van der Waals surface area contributed by atoms with Crippen LogP contribution in [0, 0.1) is 0 Å². The maximum Gasteiger partial charge on any atom is 0.417 e. The molecule has 1 fully saturated rings. The van der Waals surface area contributed by atoms with E-state index in [9.17, 15) is 18.0 Å². The van der Waals surface area contributed by atoms with Crippen molar-refractivity contribution in [3.05, 3.63) is 33.8 Å². The first kappa shape index (κ1) is 15.8. The summed E-state index contributed by atoms with van der Waals surface area (Å²) in [6.45, 7) is 0.502. The summed E-state index contributed by atoms with van der Waals surface area (Å²) in [5, 5.41) is 0.580. The number of alkyl halides is 4. The Morgan fingerprint density at radius 1 is 1.40 bits per heavy atom. The standard InChI is InChI=1S/C13H12Br2F3NO/c14-7-9-2-1-5-19(9)12(20)10-4-3-8(15)6-11(10)13(16,17)18/h3-4,6,9H,1-2,5,7H2. The Kier molecular flexibility index (Phi) is 4.79. The molecule has 1 heterocycles. The molecule has 1 atom stereocenters. The maximum atomic E-state index is 13.1. The van der Waals surface area contributed by atoms with Gasteiger partial charge in [0.05, 0.1) is 11.1 Å². The number of carbonyl (C=O) groups is 1. The molecule has 1 saturated heterocycles. The van der Waals surface area contributed by atoms with E-state index in [1.165, 1.54) is 17.0 Å². The van der Waals surface area contributed by atoms with Crippen molar-refractivity contribution in [1.82, 2.24) is 4.90 Å². The van der Waals surface area contributed by atoms with E-state index in [1.807, 2.05) is 0 Å². The van der Waals surface area contributed by atoms with Crippen LogP contribution < -0.4 is 0 Å². The van der Waals surface area contributed by atoms with E-state index in [4.69, 9.17) is 0 Å². The molecular weight excluding hydrogens is 403 g/mol. The van der Waals surface area contributed by atoms with Gasteiger partial charge in [-0.25, -0.2) is 0 Å². The molecule has 0 radical (unpaired) electrons. The quantitative estimate of drug-likeness (QED) is 0.654. The predicted octanol–water partition coefficient (Wildman–Crippen LogP) is 4.47. The van der Waals surface area contributed by atoms with Crippen molar-refractivity contribution < 1.29 is 18.0 Å². The van der Waals surface area contributed by atoms with Crippen LogP contribution in [0.3, 0.4) is 0 Å². The number of carbonyl (C=O) groups excluding carboxylic acids is 1. The molecule has 0 spiro atoms. The van der Waals surface area contributed by atoms with Crippen LogP contribution in [0.4, 0.5) is 13.2 Å². The van der Waals surface area contributed by atoms with Crippen molar-refractivity contribution in [2.45, 2.75) is 25.1 Å². The monoisotopic (exact) mass is 413 g/mol. The SMILES string of the molecule is O=C(c1ccc(Br)cc1C(F)(F)F)N1CCCC1CBr. The highest BCUT2D eigenvalue weighted by atomic mass is 79.9. The Morgan fingerprint density at radius 2 is 2.10 bits per heavy atom. The van der Waals surface area contributed by atoms with Crippen LogP contribution in [-0.2, 0) is 6.18 Å². The Morgan fingerprint density at radius 3 is 2.70 bits per heavy atom. The van der Waals surface area contributed by atoms with Gasteiger partial charge in [-0.1, -0.05) is 31.9 Å². The normalized spacial score (nSPS) is 19.4. The maximum absolute atomic E-state index is 13.1. The topological polar surface area (TPSA) is 20.3 Å². The second kappa shape index (κ2) is 6.05. The van der Waals surface area contributed by atoms with Gasteiger partial charge in [0.25, 0.3) is 5.91 Å². The molecule has 1 aromatic carbocycles. The largest absolute Gasteiger partial charge is 0.417 e. The molecule has 1 amide bonds. The third-order valence-electron chi connectivity index (χ3n) is 3.33. The first-order valence-electron chi connectivity index (χ1n) is 6.08. The molecule has 0 aromatic heterocycles. The van der Waals surface area contributed by atoms with Crippen LogP contribution in [0.5, 0.6) is 0 Å². The zero-order chi connectivity index (χ0) is 14.9. The van der Waals surface area contributed by atoms with Crippen LogP contribution in [0.25, 0.3) is 0 Å². The molecule has 20 heavy (non-hydrogen) atoms. The molecule has 0 saturated carbocycles. The molecule has 1 aliphatic heterocycles. The minimum atomic E-state index is -4.54. The molecule has 2 rings (SSSR count). The van der Waals surface area contributed by atoms with Crippen LogP contribution in [0.1, 0.15) is 28.8 Å². The average Bonchev–Trinajstić information content (AvgIpc) is 2.85. The van der Waals surface area contributed by atoms with Crippen LogP contribution in [-0.4, -0.2) is 28.7 Å². The van der Waals surface area contributed by atoms with Gasteiger partial charge in [0.15, 0.2) is 0 Å². The van der Waals surface area contributed by atoms with Crippen molar-refractivity contribution >= 4 is 37.8 Å². The Labute approximate surface area is 131 Å². The first-order valence-corrected chi connectivity index (χ1v) is 7.99. The van der Waals surface area contributed by atoms with Crippen LogP contribution >= 0.6 is 31.9 Å². The molecule has 2 nitrogen and oxygen atoms in total. The summed E-state index contributed by atoms with van der Waals surface area (Å²) in [6, 6.07) is 3.61. The van der Waals surface area contributed by atoms with E-state index in [1.54, 1.807) is 0 Å². The second-order valence-electron chi connectivity index (χ2n) is 4.64. The summed E-state index contributed by atoms with van der Waals surface area (Å²) in [5.74, 6) is -0.549. The van der Waals surface area contributed by atoms with Gasteiger partial charge < -0.3 is 4.90 Å². The molecule has 0 aliphatic carbocycles. The number of hydrogen-bond acceptors (Lipinski definition) is 1. The lowest BCUT2D eigenvalue weighted by atomic mass is 10.1. The van der Waals surface area contributed by atoms with Gasteiger partial charge in [-0.2, -0.15) is 13.2 Å². The molecule has 7 heteroatoms. The van der Waals surface area contributed by atoms with Crippen LogP contribution in [0.15, 0.2) is 22.7 Å². The van der Waals surface area contributed by atoms with E-state index in [2.05, 4.69) is 31.9 Å². The summed E-state index contributed by atoms with van der Waals surface area (Å²) in [5.41, 5.74) is -1.18. The third kappa shape index (κ3) is 3.19. The summed E-state index contributed by atoms with van der Waals surface area (Å²) >= 11 is 6.32. The minimum absolute atomic E-state index is 0.0350. The van der Waals surface area contributed by atoms with Gasteiger partial charge >= 0.3 is 6.18 Å². The van der Waals surface area contributed by atoms with Gasteiger partial charge in [0.2, 0.25) is 0 Å². The highest BCUT2D eigenvalue weighted by molar-refractivity contribution is 9.10. The van der Waals surface area contributed by atoms with E-state index >= 15 is 0 Å². The molecule has 0 bridgehead atoms. The highest BCUT2D eigenvalue weighted by Gasteiger charge is 2.38. The number of rotatable bonds is 2. The third-order valence-corrected chi connectivity index (χ3v) is 4.57. The summed E-state index contributed by atoms with van der Waals surface area (Å²) in [6.07, 6.45) is -2.91. The Hall–Kier alpha value is -0.560. The Balaban J connectivity index is 2.39. The van der Waals surface area contributed by atoms with Crippen molar-refractivity contribution in [2.24, 2.45) is 0 Å². The van der Waals surface area contributed by atoms with Gasteiger partial charge in [-0.05, 0) is 31.0 Å². The molecule has 1 unspecified atom stereocenters. The fraction of sp³-hybridized carbons (Fsp3) is 0.462. The molecule has 110 valence electrons. The number of amides is 1. The molecule has 0 N–H and O–H groups in total. The zero-order valence-electron chi connectivity index (χ0n) is 10.4. The fourth-order valence-electron chi connectivity index (χ4n) is 2.36. The number of likely N-dealkylation sites (tertiary alicyclic amines) is 1.